The van der Waals surface area contributed by atoms with E-state index in [1.54, 1.807) is 11.8 Å². The van der Waals surface area contributed by atoms with Crippen LogP contribution in [0.15, 0.2) is 5.16 Å². The Morgan fingerprint density at radius 2 is 2.00 bits per heavy atom. The van der Waals surface area contributed by atoms with Crippen molar-refractivity contribution in [2.75, 3.05) is 6.26 Å². The maximum absolute atomic E-state index is 4.98. The normalized spacial score (nSPS) is 15.2. The Morgan fingerprint density at radius 3 is 2.76 bits per heavy atom. The van der Waals surface area contributed by atoms with Crippen LogP contribution in [0.3, 0.4) is 0 Å². The maximum Gasteiger partial charge on any atom is 0.196 e. The lowest BCUT2D eigenvalue weighted by molar-refractivity contribution is 0.699. The van der Waals surface area contributed by atoms with Gasteiger partial charge in [-0.2, -0.15) is 0 Å². The molecule has 0 saturated carbocycles. The third-order valence-electron chi connectivity index (χ3n) is 4.15. The Labute approximate surface area is 132 Å². The molecule has 0 atom stereocenters. The number of fused-ring (bicyclic) bond motifs is 5. The van der Waals surface area contributed by atoms with Crippen molar-refractivity contribution in [3.8, 4) is 0 Å². The van der Waals surface area contributed by atoms with Gasteiger partial charge in [0.1, 0.15) is 10.7 Å². The fourth-order valence-electron chi connectivity index (χ4n) is 3.17. The summed E-state index contributed by atoms with van der Waals surface area (Å²) in [6, 6.07) is 0. The third kappa shape index (κ3) is 1.92. The molecule has 110 valence electrons. The van der Waals surface area contributed by atoms with E-state index < -0.39 is 0 Å². The minimum absolute atomic E-state index is 0.359. The van der Waals surface area contributed by atoms with E-state index in [-0.39, 0.29) is 0 Å². The zero-order valence-electron chi connectivity index (χ0n) is 12.5. The van der Waals surface area contributed by atoms with Crippen LogP contribution >= 0.6 is 23.1 Å². The summed E-state index contributed by atoms with van der Waals surface area (Å²) in [5.74, 6) is 1.43. The molecule has 0 amide bonds. The first kappa shape index (κ1) is 13.5. The summed E-state index contributed by atoms with van der Waals surface area (Å²) in [5.41, 5.74) is 2.49. The van der Waals surface area contributed by atoms with Crippen molar-refractivity contribution in [1.29, 1.82) is 0 Å². The number of thiophene rings is 1. The second-order valence-corrected chi connectivity index (χ2v) is 7.72. The molecule has 6 heteroatoms. The van der Waals surface area contributed by atoms with E-state index in [4.69, 9.17) is 4.98 Å². The Bertz CT molecular complexity index is 831. The predicted octanol–water partition coefficient (Wildman–Crippen LogP) is 4.06. The van der Waals surface area contributed by atoms with Crippen LogP contribution in [0.4, 0.5) is 0 Å². The molecule has 4 rings (SSSR count). The van der Waals surface area contributed by atoms with Gasteiger partial charge < -0.3 is 0 Å². The minimum Gasteiger partial charge on any atom is -0.257 e. The predicted molar refractivity (Wildman–Crippen MR) is 88.7 cm³/mol. The summed E-state index contributed by atoms with van der Waals surface area (Å²) in [6.45, 7) is 4.37. The van der Waals surface area contributed by atoms with Crippen LogP contribution in [0.1, 0.15) is 48.9 Å². The lowest BCUT2D eigenvalue weighted by Crippen LogP contribution is -2.05. The van der Waals surface area contributed by atoms with Crippen molar-refractivity contribution in [2.45, 2.75) is 50.6 Å². The first-order chi connectivity index (χ1) is 10.2. The van der Waals surface area contributed by atoms with Gasteiger partial charge >= 0.3 is 0 Å². The van der Waals surface area contributed by atoms with Crippen molar-refractivity contribution >= 4 is 39.0 Å². The zero-order valence-corrected chi connectivity index (χ0v) is 14.1. The minimum atomic E-state index is 0.359. The van der Waals surface area contributed by atoms with Crippen LogP contribution < -0.4 is 0 Å². The topological polar surface area (TPSA) is 43.1 Å². The Morgan fingerprint density at radius 1 is 1.19 bits per heavy atom. The van der Waals surface area contributed by atoms with Crippen LogP contribution in [-0.4, -0.2) is 25.8 Å². The average molecular weight is 318 g/mol. The molecule has 3 heterocycles. The number of thioether (sulfide) groups is 1. The highest BCUT2D eigenvalue weighted by molar-refractivity contribution is 7.98. The van der Waals surface area contributed by atoms with Crippen LogP contribution in [0.5, 0.6) is 0 Å². The fraction of sp³-hybridized carbons (Fsp3) is 0.533. The molecule has 4 nitrogen and oxygen atoms in total. The number of aromatic nitrogens is 4. The number of rotatable bonds is 2. The van der Waals surface area contributed by atoms with Gasteiger partial charge in [0.2, 0.25) is 0 Å². The quantitative estimate of drug-likeness (QED) is 0.668. The second kappa shape index (κ2) is 4.95. The summed E-state index contributed by atoms with van der Waals surface area (Å²) in [7, 11) is 0. The smallest absolute Gasteiger partial charge is 0.196 e. The third-order valence-corrected chi connectivity index (χ3v) is 5.97. The van der Waals surface area contributed by atoms with Crippen molar-refractivity contribution in [2.24, 2.45) is 0 Å². The van der Waals surface area contributed by atoms with E-state index in [9.17, 15) is 0 Å². The van der Waals surface area contributed by atoms with Gasteiger partial charge in [-0.05, 0) is 37.5 Å². The lowest BCUT2D eigenvalue weighted by atomic mass is 9.97. The molecule has 21 heavy (non-hydrogen) atoms. The van der Waals surface area contributed by atoms with E-state index >= 15 is 0 Å². The summed E-state index contributed by atoms with van der Waals surface area (Å²) in [5, 5.41) is 11.1. The van der Waals surface area contributed by atoms with Crippen LogP contribution in [0, 0.1) is 0 Å². The molecule has 0 unspecified atom stereocenters. The van der Waals surface area contributed by atoms with Crippen LogP contribution in [-0.2, 0) is 12.8 Å². The molecule has 3 aromatic heterocycles. The van der Waals surface area contributed by atoms with Crippen molar-refractivity contribution in [3.63, 3.8) is 0 Å². The van der Waals surface area contributed by atoms with E-state index in [1.165, 1.54) is 35.1 Å². The first-order valence-electron chi connectivity index (χ1n) is 7.44. The highest BCUT2D eigenvalue weighted by atomic mass is 32.2. The molecule has 0 bridgehead atoms. The van der Waals surface area contributed by atoms with Gasteiger partial charge in [-0.25, -0.2) is 4.98 Å². The summed E-state index contributed by atoms with van der Waals surface area (Å²) in [4.78, 5) is 7.64. The molecule has 3 aromatic rings. The molecule has 0 spiro atoms. The monoisotopic (exact) mass is 318 g/mol. The van der Waals surface area contributed by atoms with Crippen molar-refractivity contribution < 1.29 is 0 Å². The van der Waals surface area contributed by atoms with E-state index in [1.807, 2.05) is 17.6 Å². The average Bonchev–Trinajstić information content (AvgIpc) is 3.06. The number of hydrogen-bond donors (Lipinski definition) is 0. The molecular formula is C15H18N4S2. The molecule has 0 N–H and O–H groups in total. The molecule has 0 saturated heterocycles. The van der Waals surface area contributed by atoms with Gasteiger partial charge in [-0.1, -0.05) is 25.6 Å². The highest BCUT2D eigenvalue weighted by Crippen LogP contribution is 2.38. The van der Waals surface area contributed by atoms with Gasteiger partial charge in [0.25, 0.3) is 0 Å². The molecular weight excluding hydrogens is 300 g/mol. The van der Waals surface area contributed by atoms with E-state index in [0.29, 0.717) is 5.92 Å². The van der Waals surface area contributed by atoms with Gasteiger partial charge in [0.15, 0.2) is 10.8 Å². The molecule has 0 aliphatic heterocycles. The van der Waals surface area contributed by atoms with E-state index in [2.05, 4.69) is 28.4 Å². The summed E-state index contributed by atoms with van der Waals surface area (Å²) < 4.78 is 2.17. The standard InChI is InChI=1S/C15H18N4S2/c1-8(2)12-16-14-11(9-6-4-5-7-10(9)21-14)13-17-18-15(20-3)19(12)13/h8H,4-7H2,1-3H3. The van der Waals surface area contributed by atoms with Gasteiger partial charge in [0.05, 0.1) is 5.39 Å². The first-order valence-corrected chi connectivity index (χ1v) is 9.48. The Hall–Kier alpha value is -1.14. The van der Waals surface area contributed by atoms with Crippen LogP contribution in [0.2, 0.25) is 0 Å². The zero-order chi connectivity index (χ0) is 14.6. The van der Waals surface area contributed by atoms with Crippen LogP contribution in [0.25, 0.3) is 15.9 Å². The number of hydrogen-bond acceptors (Lipinski definition) is 5. The molecule has 1 aliphatic rings. The van der Waals surface area contributed by atoms with Crippen molar-refractivity contribution in [3.05, 3.63) is 16.3 Å². The van der Waals surface area contributed by atoms with Crippen molar-refractivity contribution in [1.82, 2.24) is 19.6 Å². The summed E-state index contributed by atoms with van der Waals surface area (Å²) in [6.07, 6.45) is 6.99. The van der Waals surface area contributed by atoms with Gasteiger partial charge in [0, 0.05) is 10.8 Å². The largest absolute Gasteiger partial charge is 0.257 e. The fourth-order valence-corrected chi connectivity index (χ4v) is 4.92. The lowest BCUT2D eigenvalue weighted by Gasteiger charge is -2.12. The van der Waals surface area contributed by atoms with Gasteiger partial charge in [-0.15, -0.1) is 21.5 Å². The Balaban J connectivity index is 2.16. The number of nitrogens with zero attached hydrogens (tertiary/aromatic N) is 4. The van der Waals surface area contributed by atoms with Gasteiger partial charge in [-0.3, -0.25) is 4.40 Å². The van der Waals surface area contributed by atoms with E-state index in [0.717, 1.165) is 27.9 Å². The second-order valence-electron chi connectivity index (χ2n) is 5.86. The number of aryl methyl sites for hydroxylation is 2. The summed E-state index contributed by atoms with van der Waals surface area (Å²) >= 11 is 3.50. The molecule has 1 aliphatic carbocycles. The maximum atomic E-state index is 4.98. The molecule has 0 radical (unpaired) electrons. The molecule has 0 fully saturated rings. The SMILES string of the molecule is CSc1nnc2c3c4c(sc3nc(C(C)C)n12)CCCC4. The molecule has 0 aromatic carbocycles. The highest BCUT2D eigenvalue weighted by Gasteiger charge is 2.23. The Kier molecular flexibility index (Phi) is 3.19.